The largest absolute Gasteiger partial charge is 0.378 e. The number of hydrogen-bond acceptors (Lipinski definition) is 2. The molecule has 0 spiro atoms. The van der Waals surface area contributed by atoms with Crippen molar-refractivity contribution in [2.75, 3.05) is 13.2 Å². The van der Waals surface area contributed by atoms with Gasteiger partial charge in [-0.05, 0) is 57.4 Å². The molecule has 0 radical (unpaired) electrons. The highest BCUT2D eigenvalue weighted by Gasteiger charge is 2.31. The molecule has 0 heterocycles. The summed E-state index contributed by atoms with van der Waals surface area (Å²) < 4.78 is 5.66. The lowest BCUT2D eigenvalue weighted by atomic mass is 9.77. The van der Waals surface area contributed by atoms with Gasteiger partial charge in [-0.3, -0.25) is 0 Å². The maximum Gasteiger partial charge on any atom is 0.0580 e. The molecule has 0 aromatic rings. The van der Waals surface area contributed by atoms with Crippen molar-refractivity contribution in [2.45, 2.75) is 84.8 Å². The first-order valence-corrected chi connectivity index (χ1v) is 8.50. The van der Waals surface area contributed by atoms with Gasteiger partial charge in [-0.2, -0.15) is 0 Å². The molecule has 0 aliphatic heterocycles. The van der Waals surface area contributed by atoms with Crippen molar-refractivity contribution in [3.8, 4) is 0 Å². The molecule has 0 aromatic heterocycles. The molecule has 1 fully saturated rings. The van der Waals surface area contributed by atoms with Gasteiger partial charge in [0.05, 0.1) is 6.10 Å². The lowest BCUT2D eigenvalue weighted by Gasteiger charge is -2.37. The molecule has 1 aliphatic carbocycles. The van der Waals surface area contributed by atoms with E-state index in [0.717, 1.165) is 24.5 Å². The van der Waals surface area contributed by atoms with E-state index in [4.69, 9.17) is 4.74 Å². The first-order chi connectivity index (χ1) is 9.15. The standard InChI is InChI=1S/C17H35NO/c1-5-10-18-16(9-7-8-14(3)4)11-15-12-17(13-15)19-6-2/h14-18H,5-13H2,1-4H3. The second kappa shape index (κ2) is 9.77. The van der Waals surface area contributed by atoms with Crippen LogP contribution in [-0.4, -0.2) is 25.3 Å². The van der Waals surface area contributed by atoms with Crippen LogP contribution in [0, 0.1) is 11.8 Å². The van der Waals surface area contributed by atoms with E-state index in [1.165, 1.54) is 51.5 Å². The predicted octanol–water partition coefficient (Wildman–Crippen LogP) is 4.39. The van der Waals surface area contributed by atoms with Crippen molar-refractivity contribution in [3.05, 3.63) is 0 Å². The molecule has 19 heavy (non-hydrogen) atoms. The van der Waals surface area contributed by atoms with Crippen LogP contribution in [-0.2, 0) is 4.74 Å². The number of nitrogens with one attached hydrogen (secondary N) is 1. The van der Waals surface area contributed by atoms with Crippen molar-refractivity contribution >= 4 is 0 Å². The van der Waals surface area contributed by atoms with Gasteiger partial charge in [-0.1, -0.05) is 33.6 Å². The number of hydrogen-bond donors (Lipinski definition) is 1. The smallest absolute Gasteiger partial charge is 0.0580 e. The molecule has 114 valence electrons. The van der Waals surface area contributed by atoms with Crippen LogP contribution in [0.2, 0.25) is 0 Å². The van der Waals surface area contributed by atoms with Crippen molar-refractivity contribution in [3.63, 3.8) is 0 Å². The third-order valence-corrected chi connectivity index (χ3v) is 4.23. The van der Waals surface area contributed by atoms with E-state index in [1.807, 2.05) is 0 Å². The van der Waals surface area contributed by atoms with Crippen LogP contribution < -0.4 is 5.32 Å². The van der Waals surface area contributed by atoms with Crippen molar-refractivity contribution in [2.24, 2.45) is 11.8 Å². The lowest BCUT2D eigenvalue weighted by molar-refractivity contribution is -0.0293. The fraction of sp³-hybridized carbons (Fsp3) is 1.00. The summed E-state index contributed by atoms with van der Waals surface area (Å²) in [7, 11) is 0. The minimum atomic E-state index is 0.567. The zero-order valence-corrected chi connectivity index (χ0v) is 13.6. The van der Waals surface area contributed by atoms with Gasteiger partial charge in [0.15, 0.2) is 0 Å². The fourth-order valence-corrected chi connectivity index (χ4v) is 3.07. The first kappa shape index (κ1) is 17.0. The molecule has 0 saturated heterocycles. The SMILES string of the molecule is CCCNC(CCCC(C)C)CC1CC(OCC)C1. The van der Waals surface area contributed by atoms with Crippen LogP contribution in [0.5, 0.6) is 0 Å². The molecule has 2 nitrogen and oxygen atoms in total. The Morgan fingerprint density at radius 1 is 1.16 bits per heavy atom. The normalized spacial score (nSPS) is 24.5. The molecular weight excluding hydrogens is 234 g/mol. The Kier molecular flexibility index (Phi) is 8.72. The number of ether oxygens (including phenoxy) is 1. The second-order valence-electron chi connectivity index (χ2n) is 6.63. The summed E-state index contributed by atoms with van der Waals surface area (Å²) in [6.45, 7) is 11.1. The van der Waals surface area contributed by atoms with Gasteiger partial charge in [0.1, 0.15) is 0 Å². The Balaban J connectivity index is 2.18. The van der Waals surface area contributed by atoms with Crippen molar-refractivity contribution in [1.82, 2.24) is 5.32 Å². The van der Waals surface area contributed by atoms with Gasteiger partial charge in [-0.15, -0.1) is 0 Å². The van der Waals surface area contributed by atoms with Crippen LogP contribution in [0.25, 0.3) is 0 Å². The second-order valence-corrected chi connectivity index (χ2v) is 6.63. The minimum Gasteiger partial charge on any atom is -0.378 e. The Labute approximate surface area is 120 Å². The topological polar surface area (TPSA) is 21.3 Å². The maximum atomic E-state index is 5.66. The highest BCUT2D eigenvalue weighted by Crippen LogP contribution is 2.34. The Morgan fingerprint density at radius 2 is 1.89 bits per heavy atom. The van der Waals surface area contributed by atoms with Gasteiger partial charge >= 0.3 is 0 Å². The van der Waals surface area contributed by atoms with E-state index in [1.54, 1.807) is 0 Å². The molecule has 1 atom stereocenters. The summed E-state index contributed by atoms with van der Waals surface area (Å²) in [4.78, 5) is 0. The molecule has 1 unspecified atom stereocenters. The summed E-state index contributed by atoms with van der Waals surface area (Å²) >= 11 is 0. The lowest BCUT2D eigenvalue weighted by Crippen LogP contribution is -2.38. The summed E-state index contributed by atoms with van der Waals surface area (Å²) in [6, 6.07) is 0.742. The molecule has 1 saturated carbocycles. The quantitative estimate of drug-likeness (QED) is 0.601. The third kappa shape index (κ3) is 7.31. The van der Waals surface area contributed by atoms with Gasteiger partial charge in [0, 0.05) is 12.6 Å². The third-order valence-electron chi connectivity index (χ3n) is 4.23. The Bertz CT molecular complexity index is 211. The van der Waals surface area contributed by atoms with Gasteiger partial charge in [0.25, 0.3) is 0 Å². The average molecular weight is 269 g/mol. The molecule has 2 heteroatoms. The van der Waals surface area contributed by atoms with E-state index in [2.05, 4.69) is 33.0 Å². The highest BCUT2D eigenvalue weighted by atomic mass is 16.5. The van der Waals surface area contributed by atoms with E-state index in [-0.39, 0.29) is 0 Å². The van der Waals surface area contributed by atoms with E-state index >= 15 is 0 Å². The first-order valence-electron chi connectivity index (χ1n) is 8.50. The van der Waals surface area contributed by atoms with Crippen LogP contribution in [0.1, 0.15) is 72.6 Å². The fourth-order valence-electron chi connectivity index (χ4n) is 3.07. The van der Waals surface area contributed by atoms with Crippen molar-refractivity contribution < 1.29 is 4.74 Å². The molecule has 1 N–H and O–H groups in total. The van der Waals surface area contributed by atoms with Crippen LogP contribution in [0.4, 0.5) is 0 Å². The summed E-state index contributed by atoms with van der Waals surface area (Å²) in [5.41, 5.74) is 0. The maximum absolute atomic E-state index is 5.66. The Hall–Kier alpha value is -0.0800. The summed E-state index contributed by atoms with van der Waals surface area (Å²) in [5.74, 6) is 1.75. The number of rotatable bonds is 11. The molecule has 1 aliphatic rings. The molecule has 0 amide bonds. The summed E-state index contributed by atoms with van der Waals surface area (Å²) in [5, 5.41) is 3.75. The molecule has 0 aromatic carbocycles. The molecule has 1 rings (SSSR count). The van der Waals surface area contributed by atoms with Gasteiger partial charge in [0.2, 0.25) is 0 Å². The van der Waals surface area contributed by atoms with Gasteiger partial charge < -0.3 is 10.1 Å². The Morgan fingerprint density at radius 3 is 2.47 bits per heavy atom. The summed E-state index contributed by atoms with van der Waals surface area (Å²) in [6.07, 6.45) is 9.86. The average Bonchev–Trinajstić information content (AvgIpc) is 2.32. The van der Waals surface area contributed by atoms with E-state index in [0.29, 0.717) is 6.10 Å². The van der Waals surface area contributed by atoms with Crippen LogP contribution in [0.15, 0.2) is 0 Å². The van der Waals surface area contributed by atoms with E-state index in [9.17, 15) is 0 Å². The predicted molar refractivity (Wildman–Crippen MR) is 83.5 cm³/mol. The molecular formula is C17H35NO. The van der Waals surface area contributed by atoms with Crippen LogP contribution in [0.3, 0.4) is 0 Å². The highest BCUT2D eigenvalue weighted by molar-refractivity contribution is 4.84. The minimum absolute atomic E-state index is 0.567. The van der Waals surface area contributed by atoms with Gasteiger partial charge in [-0.25, -0.2) is 0 Å². The van der Waals surface area contributed by atoms with Crippen molar-refractivity contribution in [1.29, 1.82) is 0 Å². The van der Waals surface area contributed by atoms with Crippen LogP contribution >= 0.6 is 0 Å². The van der Waals surface area contributed by atoms with E-state index < -0.39 is 0 Å². The molecule has 0 bridgehead atoms. The monoisotopic (exact) mass is 269 g/mol. The zero-order valence-electron chi connectivity index (χ0n) is 13.6. The zero-order chi connectivity index (χ0) is 14.1.